The van der Waals surface area contributed by atoms with Crippen molar-refractivity contribution >= 4 is 65.6 Å². The molecular weight excluding hydrogens is 462 g/mol. The fourth-order valence-corrected chi connectivity index (χ4v) is 6.55. The van der Waals surface area contributed by atoms with E-state index < -0.39 is 0 Å². The van der Waals surface area contributed by atoms with Gasteiger partial charge in [0.25, 0.3) is 5.91 Å². The van der Waals surface area contributed by atoms with E-state index >= 15 is 0 Å². The van der Waals surface area contributed by atoms with Crippen LogP contribution in [-0.2, 0) is 4.74 Å². The minimum absolute atomic E-state index is 0.0742. The number of morpholine rings is 1. The largest absolute Gasteiger partial charge is 0.379 e. The van der Waals surface area contributed by atoms with Gasteiger partial charge in [0.15, 0.2) is 5.13 Å². The first-order valence-corrected chi connectivity index (χ1v) is 12.8. The van der Waals surface area contributed by atoms with Gasteiger partial charge >= 0.3 is 0 Å². The summed E-state index contributed by atoms with van der Waals surface area (Å²) >= 11 is 9.68. The number of fused-ring (bicyclic) bond motifs is 2. The van der Waals surface area contributed by atoms with Gasteiger partial charge in [-0.15, -0.1) is 11.3 Å². The number of thiazole rings is 1. The molecule has 1 saturated heterocycles. The second kappa shape index (κ2) is 9.45. The molecule has 0 spiro atoms. The third-order valence-corrected chi connectivity index (χ3v) is 8.48. The standard InChI is InChI=1S/C24H24ClN3O2S2/c1-16-6-4-9-19-21(16)26-24(32-19)28(11-5-10-27-12-14-30-15-13-27)23(29)22-20(25)17-7-2-3-8-18(17)31-22/h2-4,6-9H,5,10-15H2,1H3. The first-order chi connectivity index (χ1) is 15.6. The number of rotatable bonds is 6. The van der Waals surface area contributed by atoms with Crippen LogP contribution in [0.15, 0.2) is 42.5 Å². The normalized spacial score (nSPS) is 14.9. The van der Waals surface area contributed by atoms with Crippen molar-refractivity contribution in [3.05, 3.63) is 57.9 Å². The quantitative estimate of drug-likeness (QED) is 0.344. The number of ether oxygens (including phenoxy) is 1. The maximum absolute atomic E-state index is 13.8. The lowest BCUT2D eigenvalue weighted by Crippen LogP contribution is -2.39. The van der Waals surface area contributed by atoms with Gasteiger partial charge in [0.2, 0.25) is 0 Å². The van der Waals surface area contributed by atoms with Gasteiger partial charge in [-0.25, -0.2) is 4.98 Å². The Morgan fingerprint density at radius 2 is 1.91 bits per heavy atom. The smallest absolute Gasteiger partial charge is 0.271 e. The fraction of sp³-hybridized carbons (Fsp3) is 0.333. The maximum atomic E-state index is 13.8. The number of nitrogens with zero attached hydrogens (tertiary/aromatic N) is 3. The van der Waals surface area contributed by atoms with Crippen LogP contribution in [-0.4, -0.2) is 55.2 Å². The van der Waals surface area contributed by atoms with Crippen molar-refractivity contribution < 1.29 is 9.53 Å². The number of carbonyl (C=O) groups excluding carboxylic acids is 1. The van der Waals surface area contributed by atoms with E-state index in [0.717, 1.165) is 70.3 Å². The van der Waals surface area contributed by atoms with Crippen LogP contribution in [0.25, 0.3) is 20.3 Å². The highest BCUT2D eigenvalue weighted by Crippen LogP contribution is 2.38. The summed E-state index contributed by atoms with van der Waals surface area (Å²) in [6, 6.07) is 14.0. The average molecular weight is 486 g/mol. The summed E-state index contributed by atoms with van der Waals surface area (Å²) in [6.07, 6.45) is 0.864. The second-order valence-corrected chi connectivity index (χ2v) is 10.4. The van der Waals surface area contributed by atoms with E-state index in [1.165, 1.54) is 11.3 Å². The average Bonchev–Trinajstić information content (AvgIpc) is 3.40. The summed E-state index contributed by atoms with van der Waals surface area (Å²) in [4.78, 5) is 23.4. The third kappa shape index (κ3) is 4.28. The van der Waals surface area contributed by atoms with Gasteiger partial charge in [0, 0.05) is 36.3 Å². The summed E-state index contributed by atoms with van der Waals surface area (Å²) < 4.78 is 7.57. The van der Waals surface area contributed by atoms with Gasteiger partial charge in [0.05, 0.1) is 28.5 Å². The molecular formula is C24H24ClN3O2S2. The van der Waals surface area contributed by atoms with Gasteiger partial charge in [-0.05, 0) is 31.0 Å². The molecule has 166 valence electrons. The Balaban J connectivity index is 1.46. The number of aromatic nitrogens is 1. The molecule has 0 radical (unpaired) electrons. The zero-order chi connectivity index (χ0) is 22.1. The lowest BCUT2D eigenvalue weighted by Gasteiger charge is -2.27. The number of hydrogen-bond donors (Lipinski definition) is 0. The molecule has 2 aromatic carbocycles. The third-order valence-electron chi connectivity index (χ3n) is 5.77. The van der Waals surface area contributed by atoms with Gasteiger partial charge in [-0.1, -0.05) is 53.3 Å². The molecule has 1 amide bonds. The van der Waals surface area contributed by atoms with Gasteiger partial charge in [-0.2, -0.15) is 0 Å². The van der Waals surface area contributed by atoms with E-state index in [0.29, 0.717) is 16.4 Å². The molecule has 4 aromatic rings. The second-order valence-electron chi connectivity index (χ2n) is 7.92. The Kier molecular flexibility index (Phi) is 6.44. The number of amides is 1. The van der Waals surface area contributed by atoms with Crippen molar-refractivity contribution in [1.82, 2.24) is 9.88 Å². The van der Waals surface area contributed by atoms with E-state index in [-0.39, 0.29) is 5.91 Å². The Morgan fingerprint density at radius 3 is 2.69 bits per heavy atom. The topological polar surface area (TPSA) is 45.7 Å². The molecule has 0 aliphatic carbocycles. The predicted molar refractivity (Wildman–Crippen MR) is 135 cm³/mol. The monoisotopic (exact) mass is 485 g/mol. The number of hydrogen-bond acceptors (Lipinski definition) is 6. The van der Waals surface area contributed by atoms with Crippen LogP contribution < -0.4 is 4.90 Å². The summed E-state index contributed by atoms with van der Waals surface area (Å²) in [6.45, 7) is 7.01. The van der Waals surface area contributed by atoms with Crippen molar-refractivity contribution in [3.8, 4) is 0 Å². The Bertz CT molecular complexity index is 1260. The number of benzene rings is 2. The van der Waals surface area contributed by atoms with Crippen molar-refractivity contribution in [1.29, 1.82) is 0 Å². The van der Waals surface area contributed by atoms with Crippen molar-refractivity contribution in [2.24, 2.45) is 0 Å². The molecule has 0 atom stereocenters. The number of halogens is 1. The number of thiophene rings is 1. The van der Waals surface area contributed by atoms with Gasteiger partial charge < -0.3 is 4.74 Å². The summed E-state index contributed by atoms with van der Waals surface area (Å²) in [5.74, 6) is -0.0742. The minimum Gasteiger partial charge on any atom is -0.379 e. The number of carbonyl (C=O) groups is 1. The Hall–Kier alpha value is -2.03. The summed E-state index contributed by atoms with van der Waals surface area (Å²) in [5, 5.41) is 2.19. The highest BCUT2D eigenvalue weighted by molar-refractivity contribution is 7.23. The van der Waals surface area contributed by atoms with Crippen LogP contribution >= 0.6 is 34.3 Å². The maximum Gasteiger partial charge on any atom is 0.271 e. The Labute approximate surface area is 200 Å². The van der Waals surface area contributed by atoms with Crippen LogP contribution in [0, 0.1) is 6.92 Å². The van der Waals surface area contributed by atoms with Gasteiger partial charge in [-0.3, -0.25) is 14.6 Å². The molecule has 2 aromatic heterocycles. The lowest BCUT2D eigenvalue weighted by molar-refractivity contribution is 0.0376. The van der Waals surface area contributed by atoms with Crippen LogP contribution in [0.4, 0.5) is 5.13 Å². The summed E-state index contributed by atoms with van der Waals surface area (Å²) in [7, 11) is 0. The van der Waals surface area contributed by atoms with Crippen LogP contribution in [0.1, 0.15) is 21.7 Å². The summed E-state index contributed by atoms with van der Waals surface area (Å²) in [5.41, 5.74) is 2.08. The highest BCUT2D eigenvalue weighted by atomic mass is 35.5. The molecule has 5 nitrogen and oxygen atoms in total. The molecule has 0 saturated carbocycles. The molecule has 0 bridgehead atoms. The number of anilines is 1. The first kappa shape index (κ1) is 21.8. The molecule has 1 fully saturated rings. The molecule has 5 rings (SSSR count). The van der Waals surface area contributed by atoms with Crippen molar-refractivity contribution in [3.63, 3.8) is 0 Å². The molecule has 0 unspecified atom stereocenters. The van der Waals surface area contributed by atoms with Crippen LogP contribution in [0.3, 0.4) is 0 Å². The molecule has 3 heterocycles. The molecule has 0 N–H and O–H groups in total. The lowest BCUT2D eigenvalue weighted by atomic mass is 10.2. The molecule has 1 aliphatic rings. The SMILES string of the molecule is Cc1cccc2sc(N(CCCN3CCOCC3)C(=O)c3sc4ccccc4c3Cl)nc12. The molecule has 1 aliphatic heterocycles. The minimum atomic E-state index is -0.0742. The molecule has 8 heteroatoms. The highest BCUT2D eigenvalue weighted by Gasteiger charge is 2.26. The zero-order valence-corrected chi connectivity index (χ0v) is 20.2. The molecule has 32 heavy (non-hydrogen) atoms. The van der Waals surface area contributed by atoms with E-state index in [1.807, 2.05) is 35.2 Å². The van der Waals surface area contributed by atoms with Crippen LogP contribution in [0.2, 0.25) is 5.02 Å². The predicted octanol–water partition coefficient (Wildman–Crippen LogP) is 5.84. The van der Waals surface area contributed by atoms with E-state index in [9.17, 15) is 4.79 Å². The van der Waals surface area contributed by atoms with E-state index in [2.05, 4.69) is 24.0 Å². The first-order valence-electron chi connectivity index (χ1n) is 10.8. The number of para-hydroxylation sites is 1. The van der Waals surface area contributed by atoms with Crippen molar-refractivity contribution in [2.75, 3.05) is 44.3 Å². The Morgan fingerprint density at radius 1 is 1.12 bits per heavy atom. The number of aryl methyl sites for hydroxylation is 1. The van der Waals surface area contributed by atoms with E-state index in [4.69, 9.17) is 21.3 Å². The van der Waals surface area contributed by atoms with Crippen molar-refractivity contribution in [2.45, 2.75) is 13.3 Å². The fourth-order valence-electron chi connectivity index (χ4n) is 4.03. The van der Waals surface area contributed by atoms with Gasteiger partial charge in [0.1, 0.15) is 4.88 Å². The van der Waals surface area contributed by atoms with E-state index in [1.54, 1.807) is 11.3 Å². The zero-order valence-electron chi connectivity index (χ0n) is 17.8. The van der Waals surface area contributed by atoms with Crippen LogP contribution in [0.5, 0.6) is 0 Å².